The summed E-state index contributed by atoms with van der Waals surface area (Å²) >= 11 is 0. The Morgan fingerprint density at radius 3 is 2.86 bits per heavy atom. The van der Waals surface area contributed by atoms with Crippen LogP contribution in [0.25, 0.3) is 0 Å². The normalized spacial score (nSPS) is 22.1. The zero-order valence-corrected chi connectivity index (χ0v) is 12.4. The standard InChI is InChI=1S/C15H21N3O3/c1-10-6-4-8-17(13(10)9-16)15(19)14-11(2)5-3-7-12(14)18(20)21/h3,5,7,10,13H,4,6,8-9,16H2,1-2H3. The van der Waals surface area contributed by atoms with Crippen LogP contribution in [0.4, 0.5) is 5.69 Å². The van der Waals surface area contributed by atoms with Crippen LogP contribution in [-0.4, -0.2) is 34.9 Å². The minimum atomic E-state index is -0.495. The van der Waals surface area contributed by atoms with Crippen LogP contribution in [0.2, 0.25) is 0 Å². The molecule has 0 spiro atoms. The Labute approximate surface area is 124 Å². The lowest BCUT2D eigenvalue weighted by molar-refractivity contribution is -0.385. The highest BCUT2D eigenvalue weighted by molar-refractivity contribution is 5.99. The molecule has 1 aliphatic rings. The van der Waals surface area contributed by atoms with E-state index in [1.807, 2.05) is 0 Å². The molecule has 2 atom stereocenters. The molecule has 1 fully saturated rings. The van der Waals surface area contributed by atoms with Crippen molar-refractivity contribution in [1.82, 2.24) is 4.90 Å². The van der Waals surface area contributed by atoms with Crippen LogP contribution in [-0.2, 0) is 0 Å². The number of nitrogens with two attached hydrogens (primary N) is 1. The van der Waals surface area contributed by atoms with Gasteiger partial charge in [-0.25, -0.2) is 0 Å². The first kappa shape index (κ1) is 15.4. The number of hydrogen-bond acceptors (Lipinski definition) is 4. The Bertz CT molecular complexity index is 559. The first-order chi connectivity index (χ1) is 9.97. The van der Waals surface area contributed by atoms with Gasteiger partial charge in [-0.2, -0.15) is 0 Å². The molecular weight excluding hydrogens is 270 g/mol. The highest BCUT2D eigenvalue weighted by atomic mass is 16.6. The molecule has 1 heterocycles. The van der Waals surface area contributed by atoms with Gasteiger partial charge in [-0.15, -0.1) is 0 Å². The number of aryl methyl sites for hydroxylation is 1. The monoisotopic (exact) mass is 291 g/mol. The largest absolute Gasteiger partial charge is 0.334 e. The van der Waals surface area contributed by atoms with Gasteiger partial charge in [0.1, 0.15) is 5.56 Å². The Morgan fingerprint density at radius 1 is 1.52 bits per heavy atom. The van der Waals surface area contributed by atoms with E-state index in [0.29, 0.717) is 24.6 Å². The minimum absolute atomic E-state index is 0.0505. The van der Waals surface area contributed by atoms with Gasteiger partial charge in [0, 0.05) is 25.2 Å². The molecule has 0 aliphatic carbocycles. The topological polar surface area (TPSA) is 89.5 Å². The fourth-order valence-corrected chi connectivity index (χ4v) is 3.09. The summed E-state index contributed by atoms with van der Waals surface area (Å²) in [5, 5.41) is 11.2. The van der Waals surface area contributed by atoms with Gasteiger partial charge in [-0.3, -0.25) is 14.9 Å². The quantitative estimate of drug-likeness (QED) is 0.682. The van der Waals surface area contributed by atoms with Gasteiger partial charge < -0.3 is 10.6 Å². The fourth-order valence-electron chi connectivity index (χ4n) is 3.09. The van der Waals surface area contributed by atoms with Crippen molar-refractivity contribution in [1.29, 1.82) is 0 Å². The van der Waals surface area contributed by atoms with E-state index >= 15 is 0 Å². The van der Waals surface area contributed by atoms with E-state index in [1.165, 1.54) is 6.07 Å². The molecule has 1 saturated heterocycles. The van der Waals surface area contributed by atoms with Crippen molar-refractivity contribution in [2.75, 3.05) is 13.1 Å². The fraction of sp³-hybridized carbons (Fsp3) is 0.533. The van der Waals surface area contributed by atoms with Crippen molar-refractivity contribution < 1.29 is 9.72 Å². The van der Waals surface area contributed by atoms with E-state index in [9.17, 15) is 14.9 Å². The third-order valence-corrected chi connectivity index (χ3v) is 4.28. The van der Waals surface area contributed by atoms with Crippen LogP contribution < -0.4 is 5.73 Å². The number of nitrogens with zero attached hydrogens (tertiary/aromatic N) is 2. The van der Waals surface area contributed by atoms with Crippen LogP contribution in [0.15, 0.2) is 18.2 Å². The average Bonchev–Trinajstić information content (AvgIpc) is 2.45. The van der Waals surface area contributed by atoms with Crippen molar-refractivity contribution in [3.8, 4) is 0 Å². The molecule has 1 aromatic carbocycles. The van der Waals surface area contributed by atoms with E-state index in [2.05, 4.69) is 6.92 Å². The number of rotatable bonds is 3. The van der Waals surface area contributed by atoms with Crippen molar-refractivity contribution in [3.63, 3.8) is 0 Å². The van der Waals surface area contributed by atoms with E-state index in [4.69, 9.17) is 5.73 Å². The van der Waals surface area contributed by atoms with Crippen LogP contribution >= 0.6 is 0 Å². The van der Waals surface area contributed by atoms with Crippen LogP contribution in [0.1, 0.15) is 35.7 Å². The van der Waals surface area contributed by atoms with Gasteiger partial charge >= 0.3 is 0 Å². The smallest absolute Gasteiger partial charge is 0.282 e. The second-order valence-corrected chi connectivity index (χ2v) is 5.65. The van der Waals surface area contributed by atoms with Gasteiger partial charge in [-0.1, -0.05) is 19.1 Å². The summed E-state index contributed by atoms with van der Waals surface area (Å²) in [5.41, 5.74) is 6.50. The maximum atomic E-state index is 12.8. The molecule has 1 amide bonds. The molecule has 0 bridgehead atoms. The second kappa shape index (κ2) is 6.22. The second-order valence-electron chi connectivity index (χ2n) is 5.65. The van der Waals surface area contributed by atoms with Crippen LogP contribution in [0.3, 0.4) is 0 Å². The number of hydrogen-bond donors (Lipinski definition) is 1. The third kappa shape index (κ3) is 2.90. The summed E-state index contributed by atoms with van der Waals surface area (Å²) in [7, 11) is 0. The molecule has 6 nitrogen and oxygen atoms in total. The number of carbonyl (C=O) groups is 1. The van der Waals surface area contributed by atoms with Gasteiger partial charge in [-0.05, 0) is 31.2 Å². The van der Waals surface area contributed by atoms with Crippen molar-refractivity contribution in [2.24, 2.45) is 11.7 Å². The minimum Gasteiger partial charge on any atom is -0.334 e. The molecular formula is C15H21N3O3. The van der Waals surface area contributed by atoms with Crippen molar-refractivity contribution in [2.45, 2.75) is 32.7 Å². The van der Waals surface area contributed by atoms with Crippen LogP contribution in [0.5, 0.6) is 0 Å². The summed E-state index contributed by atoms with van der Waals surface area (Å²) in [4.78, 5) is 25.2. The lowest BCUT2D eigenvalue weighted by atomic mass is 9.90. The molecule has 2 N–H and O–H groups in total. The molecule has 0 radical (unpaired) electrons. The summed E-state index contributed by atoms with van der Waals surface area (Å²) in [6.45, 7) is 4.79. The summed E-state index contributed by atoms with van der Waals surface area (Å²) < 4.78 is 0. The van der Waals surface area contributed by atoms with E-state index < -0.39 is 4.92 Å². The number of nitro groups is 1. The molecule has 1 aromatic rings. The summed E-state index contributed by atoms with van der Waals surface area (Å²) in [6, 6.07) is 4.66. The van der Waals surface area contributed by atoms with Crippen molar-refractivity contribution in [3.05, 3.63) is 39.4 Å². The SMILES string of the molecule is Cc1cccc([N+](=O)[O-])c1C(=O)N1CCCC(C)C1CN. The van der Waals surface area contributed by atoms with Gasteiger partial charge in [0.15, 0.2) is 0 Å². The van der Waals surface area contributed by atoms with Crippen LogP contribution in [0, 0.1) is 23.0 Å². The maximum absolute atomic E-state index is 12.8. The molecule has 21 heavy (non-hydrogen) atoms. The number of amides is 1. The predicted molar refractivity (Wildman–Crippen MR) is 80.1 cm³/mol. The van der Waals surface area contributed by atoms with E-state index in [0.717, 1.165) is 12.8 Å². The number of carbonyl (C=O) groups excluding carboxylic acids is 1. The number of likely N-dealkylation sites (tertiary alicyclic amines) is 1. The number of nitro benzene ring substituents is 1. The first-order valence-corrected chi connectivity index (χ1v) is 7.22. The first-order valence-electron chi connectivity index (χ1n) is 7.22. The zero-order valence-electron chi connectivity index (χ0n) is 12.4. The molecule has 2 unspecified atom stereocenters. The predicted octanol–water partition coefficient (Wildman–Crippen LogP) is 2.10. The molecule has 2 rings (SSSR count). The molecule has 114 valence electrons. The third-order valence-electron chi connectivity index (χ3n) is 4.28. The molecule has 0 saturated carbocycles. The Hall–Kier alpha value is -1.95. The number of piperidine rings is 1. The lowest BCUT2D eigenvalue weighted by Gasteiger charge is -2.39. The highest BCUT2D eigenvalue weighted by Crippen LogP contribution is 2.29. The average molecular weight is 291 g/mol. The zero-order chi connectivity index (χ0) is 15.6. The van der Waals surface area contributed by atoms with Gasteiger partial charge in [0.05, 0.1) is 4.92 Å². The Balaban J connectivity index is 2.42. The van der Waals surface area contributed by atoms with Crippen molar-refractivity contribution >= 4 is 11.6 Å². The Morgan fingerprint density at radius 2 is 2.24 bits per heavy atom. The number of benzene rings is 1. The highest BCUT2D eigenvalue weighted by Gasteiger charge is 2.34. The van der Waals surface area contributed by atoms with Gasteiger partial charge in [0.2, 0.25) is 0 Å². The summed E-state index contributed by atoms with van der Waals surface area (Å²) in [6.07, 6.45) is 1.94. The maximum Gasteiger partial charge on any atom is 0.282 e. The van der Waals surface area contributed by atoms with Gasteiger partial charge in [0.25, 0.3) is 11.6 Å². The summed E-state index contributed by atoms with van der Waals surface area (Å²) in [5.74, 6) is 0.0394. The molecule has 1 aliphatic heterocycles. The molecule has 0 aromatic heterocycles. The lowest BCUT2D eigenvalue weighted by Crippen LogP contribution is -2.51. The Kier molecular flexibility index (Phi) is 4.57. The molecule has 6 heteroatoms. The van der Waals surface area contributed by atoms with E-state index in [-0.39, 0.29) is 23.2 Å². The van der Waals surface area contributed by atoms with E-state index in [1.54, 1.807) is 24.0 Å².